The first-order valence-electron chi connectivity index (χ1n) is 6.14. The van der Waals surface area contributed by atoms with E-state index in [9.17, 15) is 14.5 Å². The van der Waals surface area contributed by atoms with Crippen LogP contribution >= 0.6 is 7.82 Å². The van der Waals surface area contributed by atoms with Gasteiger partial charge in [0.1, 0.15) is 24.1 Å². The van der Waals surface area contributed by atoms with Gasteiger partial charge in [-0.3, -0.25) is 9.09 Å². The summed E-state index contributed by atoms with van der Waals surface area (Å²) < 4.78 is 27.3. The first kappa shape index (κ1) is 17.0. The van der Waals surface area contributed by atoms with Gasteiger partial charge in [-0.2, -0.15) is 4.98 Å². The highest BCUT2D eigenvalue weighted by atomic mass is 31.2. The molecule has 0 aliphatic carbocycles. The molecule has 0 radical (unpaired) electrons. The Morgan fingerprint density at radius 2 is 2.18 bits per heavy atom. The molecule has 0 spiro atoms. The van der Waals surface area contributed by atoms with Crippen molar-refractivity contribution in [2.24, 2.45) is 0 Å². The quantitative estimate of drug-likeness (QED) is 0.450. The van der Waals surface area contributed by atoms with Crippen LogP contribution < -0.4 is 11.4 Å². The molecule has 0 amide bonds. The summed E-state index contributed by atoms with van der Waals surface area (Å²) >= 11 is 0. The minimum absolute atomic E-state index is 0.00920. The number of nitrogens with zero attached hydrogens (tertiary/aromatic N) is 2. The lowest BCUT2D eigenvalue weighted by molar-refractivity contribution is -0.0624. The second-order valence-corrected chi connectivity index (χ2v) is 5.74. The number of nitrogen functional groups attached to an aromatic ring is 1. The molecule has 0 saturated carbocycles. The van der Waals surface area contributed by atoms with Crippen LogP contribution in [0.3, 0.4) is 0 Å². The number of ether oxygens (including phenoxy) is 2. The molecule has 2 rings (SSSR count). The van der Waals surface area contributed by atoms with Gasteiger partial charge in [0, 0.05) is 13.3 Å². The Hall–Kier alpha value is -1.33. The molecule has 11 nitrogen and oxygen atoms in total. The maximum Gasteiger partial charge on any atom is 0.470 e. The molecule has 1 fully saturated rings. The number of anilines is 1. The van der Waals surface area contributed by atoms with Gasteiger partial charge in [-0.1, -0.05) is 0 Å². The molecule has 124 valence electrons. The summed E-state index contributed by atoms with van der Waals surface area (Å²) in [6, 6.07) is 1.35. The number of methoxy groups -OCH3 is 1. The molecule has 0 bridgehead atoms. The van der Waals surface area contributed by atoms with Crippen LogP contribution in [-0.4, -0.2) is 56.5 Å². The molecule has 4 atom stereocenters. The molecule has 1 aliphatic heterocycles. The van der Waals surface area contributed by atoms with Crippen LogP contribution in [0.5, 0.6) is 0 Å². The Labute approximate surface area is 124 Å². The molecule has 1 saturated heterocycles. The summed E-state index contributed by atoms with van der Waals surface area (Å²) in [5.41, 5.74) is 4.66. The second-order valence-electron chi connectivity index (χ2n) is 4.55. The summed E-state index contributed by atoms with van der Waals surface area (Å²) in [5.74, 6) is 0.00920. The van der Waals surface area contributed by atoms with Crippen LogP contribution in [-0.2, 0) is 18.6 Å². The maximum absolute atomic E-state index is 11.9. The number of rotatable bonds is 5. The van der Waals surface area contributed by atoms with Gasteiger partial charge < -0.3 is 30.1 Å². The Kier molecular flexibility index (Phi) is 4.97. The van der Waals surface area contributed by atoms with E-state index < -0.39 is 44.7 Å². The molecule has 5 N–H and O–H groups in total. The highest BCUT2D eigenvalue weighted by Gasteiger charge is 2.49. The minimum atomic E-state index is -4.85. The fourth-order valence-corrected chi connectivity index (χ4v) is 2.81. The van der Waals surface area contributed by atoms with E-state index in [1.54, 1.807) is 0 Å². The fourth-order valence-electron chi connectivity index (χ4n) is 2.24. The van der Waals surface area contributed by atoms with Crippen LogP contribution in [0.2, 0.25) is 0 Å². The second kappa shape index (κ2) is 6.42. The van der Waals surface area contributed by atoms with Crippen molar-refractivity contribution in [3.63, 3.8) is 0 Å². The van der Waals surface area contributed by atoms with Gasteiger partial charge >= 0.3 is 13.5 Å². The highest BCUT2D eigenvalue weighted by Crippen LogP contribution is 2.44. The predicted octanol–water partition coefficient (Wildman–Crippen LogP) is -1.79. The third-order valence-electron chi connectivity index (χ3n) is 3.12. The maximum atomic E-state index is 11.9. The summed E-state index contributed by atoms with van der Waals surface area (Å²) in [7, 11) is -3.59. The molecule has 12 heteroatoms. The van der Waals surface area contributed by atoms with Gasteiger partial charge in [0.15, 0.2) is 6.23 Å². The number of phosphoric acid groups is 1. The zero-order chi connectivity index (χ0) is 16.5. The first-order valence-corrected chi connectivity index (χ1v) is 7.67. The lowest BCUT2D eigenvalue weighted by atomic mass is 10.1. The zero-order valence-corrected chi connectivity index (χ0v) is 12.4. The topological polar surface area (TPSA) is 166 Å². The number of aliphatic hydroxyl groups is 1. The molecular weight excluding hydrogens is 321 g/mol. The van der Waals surface area contributed by atoms with Crippen LogP contribution in [0.4, 0.5) is 5.82 Å². The molecule has 1 aromatic rings. The molecule has 22 heavy (non-hydrogen) atoms. The fraction of sp³-hybridized carbons (Fsp3) is 0.600. The average molecular weight is 337 g/mol. The van der Waals surface area contributed by atoms with Crippen LogP contribution in [0.15, 0.2) is 17.1 Å². The normalized spacial score (nSPS) is 28.9. The number of hydrogen-bond acceptors (Lipinski definition) is 8. The minimum Gasteiger partial charge on any atom is -0.394 e. The van der Waals surface area contributed by atoms with Crippen molar-refractivity contribution in [3.8, 4) is 0 Å². The van der Waals surface area contributed by atoms with Crippen molar-refractivity contribution in [2.75, 3.05) is 19.5 Å². The number of aromatic nitrogens is 2. The van der Waals surface area contributed by atoms with Crippen molar-refractivity contribution in [3.05, 3.63) is 22.7 Å². The van der Waals surface area contributed by atoms with E-state index >= 15 is 0 Å². The zero-order valence-electron chi connectivity index (χ0n) is 11.5. The van der Waals surface area contributed by atoms with Gasteiger partial charge in [-0.15, -0.1) is 0 Å². The Balaban J connectivity index is 2.36. The van der Waals surface area contributed by atoms with E-state index in [0.717, 1.165) is 4.57 Å². The van der Waals surface area contributed by atoms with Gasteiger partial charge in [0.25, 0.3) is 0 Å². The number of phosphoric ester groups is 1. The highest BCUT2D eigenvalue weighted by molar-refractivity contribution is 7.46. The summed E-state index contributed by atoms with van der Waals surface area (Å²) in [4.78, 5) is 33.3. The number of nitrogens with two attached hydrogens (primary N) is 1. The lowest BCUT2D eigenvalue weighted by Gasteiger charge is -2.23. The van der Waals surface area contributed by atoms with Crippen molar-refractivity contribution in [2.45, 2.75) is 24.5 Å². The lowest BCUT2D eigenvalue weighted by Crippen LogP contribution is -2.38. The predicted molar refractivity (Wildman–Crippen MR) is 71.6 cm³/mol. The van der Waals surface area contributed by atoms with E-state index in [2.05, 4.69) is 9.51 Å². The molecule has 1 aliphatic rings. The van der Waals surface area contributed by atoms with Crippen molar-refractivity contribution in [1.82, 2.24) is 9.55 Å². The SMILES string of the molecule is CO[C@@H]1[C@H](OP(=O)(O)O)[C@@H](CO)O[C@H]1n1ccc(N)nc1=O. The largest absolute Gasteiger partial charge is 0.470 e. The van der Waals surface area contributed by atoms with Gasteiger partial charge in [-0.25, -0.2) is 9.36 Å². The third-order valence-corrected chi connectivity index (χ3v) is 3.64. The molecule has 0 aromatic carbocycles. The van der Waals surface area contributed by atoms with Gasteiger partial charge in [0.2, 0.25) is 0 Å². The Bertz CT molecular complexity index is 631. The van der Waals surface area contributed by atoms with E-state index in [1.165, 1.54) is 19.4 Å². The third kappa shape index (κ3) is 3.52. The standard InChI is InChI=1S/C10H16N3O8P/c1-19-8-7(21-22(16,17)18)5(4-14)20-9(8)13-3-2-6(11)12-10(13)15/h2-3,5,7-9,14H,4H2,1H3,(H2,11,12,15)(H2,16,17,18)/t5-,7-,8-,9-/m1/s1. The van der Waals surface area contributed by atoms with Gasteiger partial charge in [0.05, 0.1) is 6.61 Å². The van der Waals surface area contributed by atoms with Crippen molar-refractivity contribution in [1.29, 1.82) is 0 Å². The van der Waals surface area contributed by atoms with Crippen molar-refractivity contribution < 1.29 is 33.5 Å². The van der Waals surface area contributed by atoms with Crippen LogP contribution in [0.25, 0.3) is 0 Å². The number of aliphatic hydroxyl groups excluding tert-OH is 1. The summed E-state index contributed by atoms with van der Waals surface area (Å²) in [5, 5.41) is 9.29. The van der Waals surface area contributed by atoms with E-state index in [1.807, 2.05) is 0 Å². The Morgan fingerprint density at radius 3 is 2.68 bits per heavy atom. The summed E-state index contributed by atoms with van der Waals surface area (Å²) in [6.07, 6.45) is -3.19. The first-order chi connectivity index (χ1) is 10.3. The monoisotopic (exact) mass is 337 g/mol. The molecule has 1 aromatic heterocycles. The van der Waals surface area contributed by atoms with E-state index in [0.29, 0.717) is 0 Å². The number of hydrogen-bond donors (Lipinski definition) is 4. The van der Waals surface area contributed by atoms with E-state index in [4.69, 9.17) is 25.0 Å². The Morgan fingerprint density at radius 1 is 1.50 bits per heavy atom. The van der Waals surface area contributed by atoms with Crippen molar-refractivity contribution >= 4 is 13.6 Å². The molecule has 0 unspecified atom stereocenters. The smallest absolute Gasteiger partial charge is 0.394 e. The average Bonchev–Trinajstić information content (AvgIpc) is 2.74. The van der Waals surface area contributed by atoms with E-state index in [-0.39, 0.29) is 5.82 Å². The van der Waals surface area contributed by atoms with Gasteiger partial charge in [-0.05, 0) is 6.07 Å². The molecular formula is C10H16N3O8P. The van der Waals surface area contributed by atoms with Crippen LogP contribution in [0, 0.1) is 0 Å². The van der Waals surface area contributed by atoms with Crippen LogP contribution in [0.1, 0.15) is 6.23 Å². The summed E-state index contributed by atoms with van der Waals surface area (Å²) in [6.45, 7) is -0.585. The molecule has 2 heterocycles.